The Hall–Kier alpha value is -0.150. The molecule has 1 saturated carbocycles. The first-order valence-electron chi connectivity index (χ1n) is 7.14. The lowest BCUT2D eigenvalue weighted by Gasteiger charge is -2.36. The van der Waals surface area contributed by atoms with E-state index in [0.29, 0.717) is 11.5 Å². The molecule has 0 amide bonds. The number of hydrogen-bond donors (Lipinski definition) is 0. The molecule has 112 valence electrons. The van der Waals surface area contributed by atoms with Gasteiger partial charge in [0.15, 0.2) is 0 Å². The van der Waals surface area contributed by atoms with Crippen LogP contribution in [0.3, 0.4) is 0 Å². The molecule has 0 bridgehead atoms. The largest absolute Gasteiger partial charge is 0.207 e. The summed E-state index contributed by atoms with van der Waals surface area (Å²) in [4.78, 5) is 0. The topological polar surface area (TPSA) is 0 Å². The zero-order chi connectivity index (χ0) is 14.9. The van der Waals surface area contributed by atoms with Crippen molar-refractivity contribution in [1.29, 1.82) is 0 Å². The fourth-order valence-corrected chi connectivity index (χ4v) is 4.31. The van der Waals surface area contributed by atoms with Crippen LogP contribution in [0.1, 0.15) is 56.9 Å². The van der Waals surface area contributed by atoms with Gasteiger partial charge in [0.2, 0.25) is 0 Å². The SMILES string of the molecule is CC(C)CC1(C(Cl)c2cc(F)c(Br)cc2F)CCCC1. The Balaban J connectivity index is 2.37. The first-order valence-corrected chi connectivity index (χ1v) is 8.37. The summed E-state index contributed by atoms with van der Waals surface area (Å²) in [5.74, 6) is -0.379. The minimum Gasteiger partial charge on any atom is -0.207 e. The van der Waals surface area contributed by atoms with E-state index in [1.54, 1.807) is 0 Å². The third-order valence-corrected chi connectivity index (χ3v) is 5.57. The van der Waals surface area contributed by atoms with Gasteiger partial charge in [0, 0.05) is 5.56 Å². The highest BCUT2D eigenvalue weighted by Gasteiger charge is 2.42. The van der Waals surface area contributed by atoms with Gasteiger partial charge in [-0.05, 0) is 58.7 Å². The molecule has 20 heavy (non-hydrogen) atoms. The van der Waals surface area contributed by atoms with Crippen molar-refractivity contribution in [2.45, 2.75) is 51.3 Å². The monoisotopic (exact) mass is 364 g/mol. The molecule has 1 fully saturated rings. The molecule has 0 aliphatic heterocycles. The van der Waals surface area contributed by atoms with E-state index in [9.17, 15) is 8.78 Å². The van der Waals surface area contributed by atoms with E-state index >= 15 is 0 Å². The van der Waals surface area contributed by atoms with Gasteiger partial charge in [0.25, 0.3) is 0 Å². The van der Waals surface area contributed by atoms with Gasteiger partial charge in [-0.2, -0.15) is 0 Å². The summed E-state index contributed by atoms with van der Waals surface area (Å²) in [5, 5.41) is -0.463. The molecule has 0 heterocycles. The first kappa shape index (κ1) is 16.2. The van der Waals surface area contributed by atoms with E-state index in [0.717, 1.165) is 32.1 Å². The molecule has 0 N–H and O–H groups in total. The van der Waals surface area contributed by atoms with Gasteiger partial charge in [-0.3, -0.25) is 0 Å². The van der Waals surface area contributed by atoms with E-state index in [1.807, 2.05) is 0 Å². The number of rotatable bonds is 4. The predicted molar refractivity (Wildman–Crippen MR) is 83.0 cm³/mol. The maximum atomic E-state index is 14.2. The average Bonchev–Trinajstić information content (AvgIpc) is 2.81. The van der Waals surface area contributed by atoms with Crippen molar-refractivity contribution in [2.24, 2.45) is 11.3 Å². The van der Waals surface area contributed by atoms with Crippen LogP contribution in [-0.2, 0) is 0 Å². The zero-order valence-corrected chi connectivity index (χ0v) is 14.2. The molecule has 1 aliphatic carbocycles. The highest BCUT2D eigenvalue weighted by molar-refractivity contribution is 9.10. The lowest BCUT2D eigenvalue weighted by Crippen LogP contribution is -2.25. The summed E-state index contributed by atoms with van der Waals surface area (Å²) in [6, 6.07) is 2.43. The summed E-state index contributed by atoms with van der Waals surface area (Å²) in [6.45, 7) is 4.31. The van der Waals surface area contributed by atoms with Crippen molar-refractivity contribution in [2.75, 3.05) is 0 Å². The highest BCUT2D eigenvalue weighted by Crippen LogP contribution is 2.55. The molecule has 1 aliphatic rings. The van der Waals surface area contributed by atoms with Crippen LogP contribution in [0.5, 0.6) is 0 Å². The predicted octanol–water partition coefficient (Wildman–Crippen LogP) is 6.61. The Morgan fingerprint density at radius 3 is 2.35 bits per heavy atom. The maximum Gasteiger partial charge on any atom is 0.137 e. The van der Waals surface area contributed by atoms with Gasteiger partial charge in [0.05, 0.1) is 9.85 Å². The molecular weight excluding hydrogens is 346 g/mol. The quantitative estimate of drug-likeness (QED) is 0.416. The zero-order valence-electron chi connectivity index (χ0n) is 11.9. The van der Waals surface area contributed by atoms with Crippen molar-refractivity contribution < 1.29 is 8.78 Å². The minimum absolute atomic E-state index is 0.100. The number of benzene rings is 1. The Morgan fingerprint density at radius 1 is 1.20 bits per heavy atom. The van der Waals surface area contributed by atoms with E-state index in [4.69, 9.17) is 11.6 Å². The van der Waals surface area contributed by atoms with Crippen LogP contribution in [0.2, 0.25) is 0 Å². The summed E-state index contributed by atoms with van der Waals surface area (Å²) >= 11 is 9.63. The fourth-order valence-electron chi connectivity index (χ4n) is 3.52. The summed E-state index contributed by atoms with van der Waals surface area (Å²) < 4.78 is 28.0. The van der Waals surface area contributed by atoms with E-state index in [-0.39, 0.29) is 9.89 Å². The van der Waals surface area contributed by atoms with Crippen LogP contribution in [0.25, 0.3) is 0 Å². The van der Waals surface area contributed by atoms with Crippen LogP contribution in [-0.4, -0.2) is 0 Å². The second kappa shape index (κ2) is 6.31. The summed E-state index contributed by atoms with van der Waals surface area (Å²) in [6.07, 6.45) is 5.19. The first-order chi connectivity index (χ1) is 9.35. The van der Waals surface area contributed by atoms with Gasteiger partial charge in [0.1, 0.15) is 11.6 Å². The van der Waals surface area contributed by atoms with Crippen LogP contribution in [0, 0.1) is 23.0 Å². The molecule has 1 atom stereocenters. The lowest BCUT2D eigenvalue weighted by atomic mass is 9.73. The molecular formula is C16H20BrClF2. The van der Waals surface area contributed by atoms with Gasteiger partial charge in [-0.15, -0.1) is 11.6 Å². The van der Waals surface area contributed by atoms with E-state index in [1.165, 1.54) is 12.1 Å². The van der Waals surface area contributed by atoms with Crippen LogP contribution in [0.15, 0.2) is 16.6 Å². The maximum absolute atomic E-state index is 14.2. The lowest BCUT2D eigenvalue weighted by molar-refractivity contribution is 0.220. The summed E-state index contributed by atoms with van der Waals surface area (Å²) in [5.41, 5.74) is 0.200. The molecule has 2 rings (SSSR count). The molecule has 1 aromatic rings. The average molecular weight is 366 g/mol. The van der Waals surface area contributed by atoms with Crippen molar-refractivity contribution in [3.8, 4) is 0 Å². The second-order valence-corrected chi connectivity index (χ2v) is 7.61. The molecule has 1 aromatic carbocycles. The Morgan fingerprint density at radius 2 is 1.80 bits per heavy atom. The van der Waals surface area contributed by atoms with Crippen LogP contribution < -0.4 is 0 Å². The van der Waals surface area contributed by atoms with Gasteiger partial charge >= 0.3 is 0 Å². The van der Waals surface area contributed by atoms with Crippen molar-refractivity contribution in [3.05, 3.63) is 33.8 Å². The van der Waals surface area contributed by atoms with Crippen molar-refractivity contribution in [3.63, 3.8) is 0 Å². The molecule has 0 saturated heterocycles. The van der Waals surface area contributed by atoms with Gasteiger partial charge < -0.3 is 0 Å². The molecule has 1 unspecified atom stereocenters. The van der Waals surface area contributed by atoms with Gasteiger partial charge in [-0.25, -0.2) is 8.78 Å². The standard InChI is InChI=1S/C16H20BrClF2/c1-10(2)9-16(5-3-4-6-16)15(18)11-7-14(20)12(17)8-13(11)19/h7-8,10,15H,3-6,9H2,1-2H3. The second-order valence-electron chi connectivity index (χ2n) is 6.32. The molecule has 0 radical (unpaired) electrons. The Bertz CT molecular complexity index is 482. The Labute approximate surface area is 133 Å². The Kier molecular flexibility index (Phi) is 5.12. The van der Waals surface area contributed by atoms with E-state index < -0.39 is 17.0 Å². The highest BCUT2D eigenvalue weighted by atomic mass is 79.9. The smallest absolute Gasteiger partial charge is 0.137 e. The molecule has 0 nitrogen and oxygen atoms in total. The third kappa shape index (κ3) is 3.19. The normalized spacial score (nSPS) is 19.6. The molecule has 0 aromatic heterocycles. The van der Waals surface area contributed by atoms with Crippen LogP contribution >= 0.6 is 27.5 Å². The number of halogens is 4. The third-order valence-electron chi connectivity index (χ3n) is 4.26. The van der Waals surface area contributed by atoms with Crippen LogP contribution in [0.4, 0.5) is 8.78 Å². The summed E-state index contributed by atoms with van der Waals surface area (Å²) in [7, 11) is 0. The van der Waals surface area contributed by atoms with E-state index in [2.05, 4.69) is 29.8 Å². The van der Waals surface area contributed by atoms with Gasteiger partial charge in [-0.1, -0.05) is 26.7 Å². The molecule has 0 spiro atoms. The van der Waals surface area contributed by atoms with Crippen molar-refractivity contribution in [1.82, 2.24) is 0 Å². The van der Waals surface area contributed by atoms with Crippen molar-refractivity contribution >= 4 is 27.5 Å². The fraction of sp³-hybridized carbons (Fsp3) is 0.625. The molecule has 4 heteroatoms. The number of hydrogen-bond acceptors (Lipinski definition) is 0. The number of alkyl halides is 1. The minimum atomic E-state index is -0.463.